The molecule has 2 aliphatic heterocycles. The molecule has 2 atom stereocenters. The second kappa shape index (κ2) is 13.0. The summed E-state index contributed by atoms with van der Waals surface area (Å²) in [4.78, 5) is 60.2. The predicted molar refractivity (Wildman–Crippen MR) is 158 cm³/mol. The number of oxime groups is 1. The first-order valence-corrected chi connectivity index (χ1v) is 15.7. The Morgan fingerprint density at radius 2 is 2.11 bits per heavy atom. The summed E-state index contributed by atoms with van der Waals surface area (Å²) < 4.78 is 7.19. The summed E-state index contributed by atoms with van der Waals surface area (Å²) in [5, 5.41) is 37.9. The lowest BCUT2D eigenvalue weighted by Gasteiger charge is -2.49. The number of thioether (sulfide) groups is 2. The number of hydrogen-bond acceptors (Lipinski definition) is 16. The maximum Gasteiger partial charge on any atom is 0.352 e. The van der Waals surface area contributed by atoms with Crippen molar-refractivity contribution in [3.05, 3.63) is 45.3 Å². The summed E-state index contributed by atoms with van der Waals surface area (Å²) >= 11 is 3.37. The van der Waals surface area contributed by atoms with Crippen LogP contribution in [0.1, 0.15) is 18.4 Å². The van der Waals surface area contributed by atoms with Crippen molar-refractivity contribution < 1.29 is 29.4 Å². The molecule has 0 bridgehead atoms. The largest absolute Gasteiger partial charge is 0.503 e. The first-order valence-electron chi connectivity index (χ1n) is 12.9. The van der Waals surface area contributed by atoms with E-state index in [1.165, 1.54) is 34.3 Å². The summed E-state index contributed by atoms with van der Waals surface area (Å²) in [5.74, 6) is -2.57. The first-order chi connectivity index (χ1) is 21.1. The van der Waals surface area contributed by atoms with Crippen molar-refractivity contribution in [3.8, 4) is 5.75 Å². The molecule has 3 aromatic heterocycles. The van der Waals surface area contributed by atoms with Crippen LogP contribution in [0.3, 0.4) is 0 Å². The number of aromatic hydroxyl groups is 1. The highest BCUT2D eigenvalue weighted by molar-refractivity contribution is 8.01. The number of aromatic nitrogens is 7. The Balaban J connectivity index is 1.26. The molecule has 1 fully saturated rings. The van der Waals surface area contributed by atoms with Crippen LogP contribution in [0.5, 0.6) is 5.75 Å². The van der Waals surface area contributed by atoms with Crippen molar-refractivity contribution >= 4 is 63.7 Å². The van der Waals surface area contributed by atoms with Gasteiger partial charge in [-0.25, -0.2) is 9.48 Å². The number of carboxylic acid groups (broad SMARTS) is 1. The molecular weight excluding hydrogens is 639 g/mol. The molecule has 232 valence electrons. The molecule has 44 heavy (non-hydrogen) atoms. The van der Waals surface area contributed by atoms with E-state index in [1.54, 1.807) is 24.6 Å². The van der Waals surface area contributed by atoms with Crippen LogP contribution in [0, 0.1) is 6.92 Å². The van der Waals surface area contributed by atoms with Crippen LogP contribution in [0.15, 0.2) is 38.6 Å². The van der Waals surface area contributed by atoms with Gasteiger partial charge in [0, 0.05) is 41.8 Å². The summed E-state index contributed by atoms with van der Waals surface area (Å²) in [6, 6.07) is 0.252. The van der Waals surface area contributed by atoms with Gasteiger partial charge in [0.25, 0.3) is 11.8 Å². The highest BCUT2D eigenvalue weighted by atomic mass is 32.2. The Hall–Kier alpha value is -4.50. The molecular formula is C23H25N11O7S3. The summed E-state index contributed by atoms with van der Waals surface area (Å²) in [6.45, 7) is 4.13. The third kappa shape index (κ3) is 6.10. The maximum atomic E-state index is 13.1. The quantitative estimate of drug-likeness (QED) is 0.0806. The van der Waals surface area contributed by atoms with E-state index in [2.05, 4.69) is 35.4 Å². The second-order valence-electron chi connectivity index (χ2n) is 9.21. The van der Waals surface area contributed by atoms with Crippen molar-refractivity contribution in [2.24, 2.45) is 5.16 Å². The fourth-order valence-corrected chi connectivity index (χ4v) is 7.17. The highest BCUT2D eigenvalue weighted by Gasteiger charge is 2.54. The number of amides is 2. The van der Waals surface area contributed by atoms with Gasteiger partial charge in [-0.15, -0.1) is 16.9 Å². The number of fused-ring (bicyclic) bond motifs is 1. The van der Waals surface area contributed by atoms with Crippen LogP contribution < -0.4 is 16.5 Å². The molecule has 0 aliphatic carbocycles. The number of carboxylic acids is 1. The number of tetrazole rings is 1. The monoisotopic (exact) mass is 663 g/mol. The van der Waals surface area contributed by atoms with Crippen molar-refractivity contribution in [2.45, 2.75) is 43.5 Å². The molecule has 0 radical (unpaired) electrons. The average Bonchev–Trinajstić information content (AvgIpc) is 3.65. The molecule has 3 aromatic rings. The lowest BCUT2D eigenvalue weighted by Crippen LogP contribution is -2.71. The Morgan fingerprint density at radius 3 is 2.82 bits per heavy atom. The van der Waals surface area contributed by atoms with E-state index in [4.69, 9.17) is 10.6 Å². The average molecular weight is 664 g/mol. The van der Waals surface area contributed by atoms with Crippen LogP contribution >= 0.6 is 35.1 Å². The number of nitrogens with zero attached hydrogens (tertiary/aromatic N) is 9. The molecule has 0 saturated carbocycles. The maximum absolute atomic E-state index is 13.1. The van der Waals surface area contributed by atoms with Crippen molar-refractivity contribution in [1.82, 2.24) is 44.3 Å². The van der Waals surface area contributed by atoms with E-state index < -0.39 is 34.6 Å². The SMILES string of the molecule is CCO/N=C(\C(=O)N[C@@H]1C(=O)N2C(C(=O)O)=C(CSc3nnnn3CCn3ccc(=O)c(O)c3C)CS[C@@H]12)c1nsc(N)n1. The molecule has 21 heteroatoms. The third-order valence-electron chi connectivity index (χ3n) is 6.53. The Kier molecular flexibility index (Phi) is 9.15. The minimum absolute atomic E-state index is 0.0570. The number of rotatable bonds is 12. The number of nitrogens with one attached hydrogen (secondary N) is 1. The van der Waals surface area contributed by atoms with E-state index in [-0.39, 0.29) is 46.2 Å². The molecule has 0 spiro atoms. The van der Waals surface area contributed by atoms with Gasteiger partial charge in [-0.05, 0) is 29.8 Å². The van der Waals surface area contributed by atoms with E-state index in [9.17, 15) is 29.4 Å². The molecule has 2 amide bonds. The Morgan fingerprint density at radius 1 is 1.32 bits per heavy atom. The number of aryl methyl sites for hydroxylation is 2. The van der Waals surface area contributed by atoms with Gasteiger partial charge in [-0.1, -0.05) is 16.9 Å². The summed E-state index contributed by atoms with van der Waals surface area (Å²) in [6.07, 6.45) is 1.56. The van der Waals surface area contributed by atoms with Gasteiger partial charge in [-0.3, -0.25) is 19.3 Å². The number of nitrogen functional groups attached to an aromatic ring is 1. The van der Waals surface area contributed by atoms with Crippen molar-refractivity contribution in [2.75, 3.05) is 23.8 Å². The zero-order valence-electron chi connectivity index (χ0n) is 23.1. The van der Waals surface area contributed by atoms with E-state index in [0.717, 1.165) is 16.4 Å². The zero-order valence-corrected chi connectivity index (χ0v) is 25.6. The fraction of sp³-hybridized carbons (Fsp3) is 0.391. The second-order valence-corrected chi connectivity index (χ2v) is 12.0. The van der Waals surface area contributed by atoms with Crippen LogP contribution in [0.25, 0.3) is 0 Å². The smallest absolute Gasteiger partial charge is 0.352 e. The standard InChI is InChI=1S/C23H25N11O7S3/c1-3-41-28-13(17-26-22(24)44-29-17)18(37)25-14-19(38)34-15(21(39)40)11(8-42-20(14)34)9-43-23-27-30-31-33(23)7-6-32-5-4-12(35)16(36)10(32)2/h4-5,14,20,36H,3,6-9H2,1-2H3,(H,25,37)(H,39,40)(H2,24,26,29)/b28-13-/t14-,20+/m1/s1. The Labute approximate surface area is 260 Å². The zero-order chi connectivity index (χ0) is 31.5. The number of β-lactam (4-membered cyclic amide) rings is 1. The molecule has 0 aromatic carbocycles. The molecule has 1 saturated heterocycles. The van der Waals surface area contributed by atoms with Crippen LogP contribution in [0.4, 0.5) is 5.13 Å². The van der Waals surface area contributed by atoms with E-state index >= 15 is 0 Å². The van der Waals surface area contributed by atoms with Crippen molar-refractivity contribution in [3.63, 3.8) is 0 Å². The van der Waals surface area contributed by atoms with E-state index in [0.29, 0.717) is 29.5 Å². The topological polar surface area (TPSA) is 246 Å². The molecule has 5 heterocycles. The van der Waals surface area contributed by atoms with Crippen LogP contribution in [-0.2, 0) is 32.3 Å². The number of aliphatic carboxylic acids is 1. The highest BCUT2D eigenvalue weighted by Crippen LogP contribution is 2.41. The number of carbonyl (C=O) groups excluding carboxylic acids is 2. The fourth-order valence-electron chi connectivity index (χ4n) is 4.35. The minimum Gasteiger partial charge on any atom is -0.503 e. The van der Waals surface area contributed by atoms with Gasteiger partial charge in [0.2, 0.25) is 22.1 Å². The van der Waals surface area contributed by atoms with Gasteiger partial charge >= 0.3 is 5.97 Å². The van der Waals surface area contributed by atoms with Gasteiger partial charge in [0.15, 0.2) is 10.9 Å². The van der Waals surface area contributed by atoms with Gasteiger partial charge in [0.1, 0.15) is 23.7 Å². The number of carbonyl (C=O) groups is 3. The van der Waals surface area contributed by atoms with Crippen molar-refractivity contribution in [1.29, 1.82) is 0 Å². The molecule has 0 unspecified atom stereocenters. The van der Waals surface area contributed by atoms with E-state index in [1.807, 2.05) is 0 Å². The lowest BCUT2D eigenvalue weighted by molar-refractivity contribution is -0.150. The molecule has 18 nitrogen and oxygen atoms in total. The van der Waals surface area contributed by atoms with Crippen LogP contribution in [-0.4, -0.2) is 102 Å². The van der Waals surface area contributed by atoms with Gasteiger partial charge in [0.05, 0.1) is 12.2 Å². The number of pyridine rings is 1. The summed E-state index contributed by atoms with van der Waals surface area (Å²) in [5.41, 5.74) is 5.62. The molecule has 5 rings (SSSR count). The predicted octanol–water partition coefficient (Wildman–Crippen LogP) is -0.746. The number of anilines is 1. The number of hydrogen-bond donors (Lipinski definition) is 4. The minimum atomic E-state index is -1.28. The number of nitrogens with two attached hydrogens (primary N) is 1. The Bertz CT molecular complexity index is 1730. The van der Waals surface area contributed by atoms with Gasteiger partial charge < -0.3 is 30.7 Å². The van der Waals surface area contributed by atoms with Crippen LogP contribution in [0.2, 0.25) is 0 Å². The normalized spacial score (nSPS) is 18.2. The molecule has 2 aliphatic rings. The molecule has 5 N–H and O–H groups in total. The third-order valence-corrected chi connectivity index (χ3v) is 9.46. The first kappa shape index (κ1) is 30.9. The summed E-state index contributed by atoms with van der Waals surface area (Å²) in [7, 11) is 0. The lowest BCUT2D eigenvalue weighted by atomic mass is 10.0. The van der Waals surface area contributed by atoms with Gasteiger partial charge in [-0.2, -0.15) is 9.36 Å².